The Morgan fingerprint density at radius 3 is 2.71 bits per heavy atom. The van der Waals surface area contributed by atoms with Crippen LogP contribution in [0.15, 0.2) is 48.2 Å². The molecule has 0 saturated carbocycles. The van der Waals surface area contributed by atoms with Gasteiger partial charge in [-0.3, -0.25) is 0 Å². The number of nitrogens with zero attached hydrogens (tertiary/aromatic N) is 2. The van der Waals surface area contributed by atoms with Gasteiger partial charge in [0.1, 0.15) is 23.0 Å². The van der Waals surface area contributed by atoms with Crippen molar-refractivity contribution in [2.45, 2.75) is 20.0 Å². The number of aliphatic hydroxyl groups excluding tert-OH is 1. The number of hydrogen-bond acceptors (Lipinski definition) is 6. The number of aryl methyl sites for hydroxylation is 1. The summed E-state index contributed by atoms with van der Waals surface area (Å²) in [5.41, 5.74) is 2.40. The van der Waals surface area contributed by atoms with E-state index in [0.29, 0.717) is 11.3 Å². The number of nitrogens with one attached hydrogen (secondary N) is 1. The molecule has 0 aliphatic carbocycles. The summed E-state index contributed by atoms with van der Waals surface area (Å²) in [5, 5.41) is 20.0. The average Bonchev–Trinajstić information content (AvgIpc) is 3.11. The van der Waals surface area contributed by atoms with E-state index in [9.17, 15) is 15.2 Å². The van der Waals surface area contributed by atoms with Gasteiger partial charge in [0.05, 0.1) is 18.1 Å². The number of methoxy groups -OCH3 is 1. The van der Waals surface area contributed by atoms with Crippen molar-refractivity contribution >= 4 is 22.6 Å². The predicted molar refractivity (Wildman–Crippen MR) is 104 cm³/mol. The minimum absolute atomic E-state index is 0.0901. The molecule has 0 aliphatic heterocycles. The molecule has 7 heteroatoms. The van der Waals surface area contributed by atoms with Gasteiger partial charge in [0.2, 0.25) is 0 Å². The number of imidazole rings is 1. The molecule has 0 spiro atoms. The Hall–Kier alpha value is -3.79. The maximum atomic E-state index is 12.5. The molecule has 1 heterocycles. The van der Waals surface area contributed by atoms with E-state index in [2.05, 4.69) is 9.97 Å². The van der Waals surface area contributed by atoms with E-state index in [-0.39, 0.29) is 22.7 Å². The SMILES string of the molecule is COc1ccc(C)cc1C(=O)O[C@@H](C)/C(O)=C(\C#N)c1nc2ccccc2[nH]1. The van der Waals surface area contributed by atoms with Crippen LogP contribution in [0.4, 0.5) is 0 Å². The van der Waals surface area contributed by atoms with Gasteiger partial charge < -0.3 is 19.6 Å². The van der Waals surface area contributed by atoms with E-state index < -0.39 is 12.1 Å². The van der Waals surface area contributed by atoms with Crippen LogP contribution in [-0.4, -0.2) is 34.3 Å². The average molecular weight is 377 g/mol. The number of ether oxygens (including phenoxy) is 2. The number of aromatic amines is 1. The molecule has 1 atom stereocenters. The molecule has 2 N–H and O–H groups in total. The van der Waals surface area contributed by atoms with Crippen molar-refractivity contribution in [3.8, 4) is 11.8 Å². The summed E-state index contributed by atoms with van der Waals surface area (Å²) in [4.78, 5) is 19.8. The molecule has 28 heavy (non-hydrogen) atoms. The van der Waals surface area contributed by atoms with Crippen molar-refractivity contribution < 1.29 is 19.4 Å². The van der Waals surface area contributed by atoms with Crippen molar-refractivity contribution in [1.82, 2.24) is 9.97 Å². The first-order chi connectivity index (χ1) is 13.4. The highest BCUT2D eigenvalue weighted by Gasteiger charge is 2.23. The molecule has 2 aromatic carbocycles. The summed E-state index contributed by atoms with van der Waals surface area (Å²) in [6.07, 6.45) is -1.06. The van der Waals surface area contributed by atoms with Gasteiger partial charge in [0.15, 0.2) is 17.7 Å². The first-order valence-corrected chi connectivity index (χ1v) is 8.58. The molecule has 0 amide bonds. The van der Waals surface area contributed by atoms with Gasteiger partial charge >= 0.3 is 5.97 Å². The van der Waals surface area contributed by atoms with E-state index in [4.69, 9.17) is 9.47 Å². The van der Waals surface area contributed by atoms with Crippen molar-refractivity contribution in [3.05, 3.63) is 65.2 Å². The quantitative estimate of drug-likeness (QED) is 0.396. The maximum Gasteiger partial charge on any atom is 0.342 e. The van der Waals surface area contributed by atoms with Crippen LogP contribution in [0.3, 0.4) is 0 Å². The number of allylic oxidation sites excluding steroid dienone is 1. The zero-order chi connectivity index (χ0) is 20.3. The first kappa shape index (κ1) is 19.0. The van der Waals surface area contributed by atoms with Crippen LogP contribution in [0.5, 0.6) is 5.75 Å². The van der Waals surface area contributed by atoms with Crippen LogP contribution in [-0.2, 0) is 4.74 Å². The zero-order valence-electron chi connectivity index (χ0n) is 15.7. The molecule has 0 bridgehead atoms. The molecule has 0 aliphatic rings. The Balaban J connectivity index is 1.89. The number of rotatable bonds is 5. The third kappa shape index (κ3) is 3.67. The lowest BCUT2D eigenvalue weighted by molar-refractivity contribution is 0.0330. The van der Waals surface area contributed by atoms with E-state index in [1.54, 1.807) is 18.2 Å². The highest BCUT2D eigenvalue weighted by Crippen LogP contribution is 2.24. The number of hydrogen-bond donors (Lipinski definition) is 2. The van der Waals surface area contributed by atoms with Gasteiger partial charge in [0.25, 0.3) is 0 Å². The second-order valence-electron chi connectivity index (χ2n) is 6.23. The number of aromatic nitrogens is 2. The number of fused-ring (bicyclic) bond motifs is 1. The molecule has 1 aromatic heterocycles. The van der Waals surface area contributed by atoms with Crippen molar-refractivity contribution in [3.63, 3.8) is 0 Å². The summed E-state index contributed by atoms with van der Waals surface area (Å²) < 4.78 is 10.5. The lowest BCUT2D eigenvalue weighted by atomic mass is 10.1. The van der Waals surface area contributed by atoms with Crippen LogP contribution in [0.2, 0.25) is 0 Å². The molecule has 7 nitrogen and oxygen atoms in total. The minimum atomic E-state index is -1.06. The van der Waals surface area contributed by atoms with Crippen LogP contribution in [0.1, 0.15) is 28.7 Å². The number of benzene rings is 2. The van der Waals surface area contributed by atoms with Gasteiger partial charge in [-0.1, -0.05) is 23.8 Å². The topological polar surface area (TPSA) is 108 Å². The second kappa shape index (κ2) is 7.84. The number of esters is 1. The molecule has 0 unspecified atom stereocenters. The molecule has 0 radical (unpaired) electrons. The van der Waals surface area contributed by atoms with Crippen LogP contribution in [0, 0.1) is 18.3 Å². The van der Waals surface area contributed by atoms with E-state index in [1.807, 2.05) is 37.3 Å². The molecule has 3 aromatic rings. The van der Waals surface area contributed by atoms with E-state index in [0.717, 1.165) is 11.1 Å². The molecule has 142 valence electrons. The smallest absolute Gasteiger partial charge is 0.342 e. The summed E-state index contributed by atoms with van der Waals surface area (Å²) in [6.45, 7) is 3.32. The first-order valence-electron chi connectivity index (χ1n) is 8.58. The van der Waals surface area contributed by atoms with E-state index >= 15 is 0 Å². The fraction of sp³-hybridized carbons (Fsp3) is 0.190. The summed E-state index contributed by atoms with van der Waals surface area (Å²) in [6, 6.07) is 14.3. The second-order valence-corrected chi connectivity index (χ2v) is 6.23. The van der Waals surface area contributed by atoms with Gasteiger partial charge in [-0.05, 0) is 38.1 Å². The third-order valence-electron chi connectivity index (χ3n) is 4.24. The van der Waals surface area contributed by atoms with Crippen molar-refractivity contribution in [2.75, 3.05) is 7.11 Å². The summed E-state index contributed by atoms with van der Waals surface area (Å²) in [7, 11) is 1.46. The molecule has 3 rings (SSSR count). The summed E-state index contributed by atoms with van der Waals surface area (Å²) >= 11 is 0. The summed E-state index contributed by atoms with van der Waals surface area (Å²) in [5.74, 6) is -0.482. The van der Waals surface area contributed by atoms with Crippen LogP contribution in [0.25, 0.3) is 16.6 Å². The lowest BCUT2D eigenvalue weighted by Gasteiger charge is -2.15. The zero-order valence-corrected chi connectivity index (χ0v) is 15.7. The number of carbonyl (C=O) groups is 1. The van der Waals surface area contributed by atoms with Gasteiger partial charge in [0, 0.05) is 0 Å². The largest absolute Gasteiger partial charge is 0.507 e. The maximum absolute atomic E-state index is 12.5. The molecular weight excluding hydrogens is 358 g/mol. The Morgan fingerprint density at radius 2 is 2.04 bits per heavy atom. The van der Waals surface area contributed by atoms with Crippen LogP contribution >= 0.6 is 0 Å². The lowest BCUT2D eigenvalue weighted by Crippen LogP contribution is -2.19. The Kier molecular flexibility index (Phi) is 5.32. The highest BCUT2D eigenvalue weighted by atomic mass is 16.6. The normalized spacial score (nSPS) is 12.8. The van der Waals surface area contributed by atoms with Crippen LogP contribution < -0.4 is 4.74 Å². The number of carbonyl (C=O) groups excluding carboxylic acids is 1. The van der Waals surface area contributed by atoms with E-state index in [1.165, 1.54) is 14.0 Å². The number of para-hydroxylation sites is 2. The van der Waals surface area contributed by atoms with Gasteiger partial charge in [-0.25, -0.2) is 9.78 Å². The standard InChI is InChI=1S/C21H19N3O4/c1-12-8-9-18(27-3)14(10-12)21(26)28-13(2)19(25)15(11-22)20-23-16-6-4-5-7-17(16)24-20/h4-10,13,25H,1-3H3,(H,23,24)/b19-15-/t13-/m0/s1. The predicted octanol–water partition coefficient (Wildman–Crippen LogP) is 3.92. The fourth-order valence-corrected chi connectivity index (χ4v) is 2.77. The third-order valence-corrected chi connectivity index (χ3v) is 4.24. The Morgan fingerprint density at radius 1 is 1.29 bits per heavy atom. The fourth-order valence-electron chi connectivity index (χ4n) is 2.77. The Labute approximate surface area is 161 Å². The highest BCUT2D eigenvalue weighted by molar-refractivity contribution is 5.93. The molecular formula is C21H19N3O4. The van der Waals surface area contributed by atoms with Gasteiger partial charge in [-0.15, -0.1) is 0 Å². The minimum Gasteiger partial charge on any atom is -0.507 e. The number of nitriles is 1. The Bertz CT molecular complexity index is 1080. The van der Waals surface area contributed by atoms with Crippen molar-refractivity contribution in [1.29, 1.82) is 5.26 Å². The molecule has 0 fully saturated rings. The monoisotopic (exact) mass is 377 g/mol. The molecule has 0 saturated heterocycles. The van der Waals surface area contributed by atoms with Crippen molar-refractivity contribution in [2.24, 2.45) is 0 Å². The number of aliphatic hydroxyl groups is 1. The van der Waals surface area contributed by atoms with Gasteiger partial charge in [-0.2, -0.15) is 5.26 Å². The number of H-pyrrole nitrogens is 1.